The normalized spacial score (nSPS) is 11.8. The molecule has 7 heteroatoms. The van der Waals surface area contributed by atoms with Crippen molar-refractivity contribution in [3.05, 3.63) is 40.2 Å². The number of nitrogens with two attached hydrogens (primary N) is 1. The van der Waals surface area contributed by atoms with E-state index in [0.29, 0.717) is 25.0 Å². The maximum atomic E-state index is 12.9. The van der Waals surface area contributed by atoms with E-state index in [9.17, 15) is 18.0 Å². The second kappa shape index (κ2) is 6.83. The molecule has 1 aromatic carbocycles. The van der Waals surface area contributed by atoms with Crippen LogP contribution in [-0.4, -0.2) is 13.2 Å². The number of rotatable bonds is 6. The van der Waals surface area contributed by atoms with E-state index >= 15 is 0 Å². The van der Waals surface area contributed by atoms with Crippen molar-refractivity contribution >= 4 is 11.0 Å². The quantitative estimate of drug-likeness (QED) is 0.656. The highest BCUT2D eigenvalue weighted by Crippen LogP contribution is 2.34. The van der Waals surface area contributed by atoms with Gasteiger partial charge in [-0.2, -0.15) is 13.2 Å². The Balaban J connectivity index is 2.22. The van der Waals surface area contributed by atoms with Gasteiger partial charge in [0.15, 0.2) is 0 Å². The molecule has 0 spiro atoms. The lowest BCUT2D eigenvalue weighted by Crippen LogP contribution is -2.11. The minimum absolute atomic E-state index is 0.140. The van der Waals surface area contributed by atoms with Gasteiger partial charge in [0.2, 0.25) is 0 Å². The van der Waals surface area contributed by atoms with E-state index < -0.39 is 17.4 Å². The number of hydrogen-bond acceptors (Lipinski definition) is 4. The molecule has 1 aromatic heterocycles. The van der Waals surface area contributed by atoms with Crippen molar-refractivity contribution in [1.29, 1.82) is 0 Å². The zero-order chi connectivity index (χ0) is 16.2. The number of alkyl halides is 3. The van der Waals surface area contributed by atoms with Crippen LogP contribution in [0.3, 0.4) is 0 Å². The lowest BCUT2D eigenvalue weighted by Gasteiger charge is -2.10. The minimum atomic E-state index is -4.61. The number of ether oxygens (including phenoxy) is 1. The first-order valence-electron chi connectivity index (χ1n) is 6.90. The Morgan fingerprint density at radius 2 is 1.91 bits per heavy atom. The molecule has 22 heavy (non-hydrogen) atoms. The summed E-state index contributed by atoms with van der Waals surface area (Å²) < 4.78 is 49.0. The third-order valence-corrected chi connectivity index (χ3v) is 3.14. The Morgan fingerprint density at radius 3 is 2.59 bits per heavy atom. The van der Waals surface area contributed by atoms with Crippen LogP contribution < -0.4 is 16.1 Å². The van der Waals surface area contributed by atoms with Crippen LogP contribution in [0, 0.1) is 0 Å². The maximum absolute atomic E-state index is 12.9. The average Bonchev–Trinajstić information content (AvgIpc) is 2.45. The van der Waals surface area contributed by atoms with E-state index in [4.69, 9.17) is 14.9 Å². The fourth-order valence-corrected chi connectivity index (χ4v) is 2.08. The van der Waals surface area contributed by atoms with Gasteiger partial charge in [0.05, 0.1) is 12.2 Å². The van der Waals surface area contributed by atoms with Crippen molar-refractivity contribution < 1.29 is 22.3 Å². The van der Waals surface area contributed by atoms with Crippen molar-refractivity contribution in [3.63, 3.8) is 0 Å². The van der Waals surface area contributed by atoms with Crippen LogP contribution in [0.25, 0.3) is 11.0 Å². The first-order chi connectivity index (χ1) is 10.4. The molecule has 2 N–H and O–H groups in total. The van der Waals surface area contributed by atoms with Gasteiger partial charge < -0.3 is 14.9 Å². The molecule has 0 amide bonds. The Kier molecular flexibility index (Phi) is 5.07. The SMILES string of the molecule is NCCCCCOc1ccc2c(C(F)(F)F)cc(=O)oc2c1. The van der Waals surface area contributed by atoms with Gasteiger partial charge in [0.1, 0.15) is 11.3 Å². The van der Waals surface area contributed by atoms with E-state index in [1.807, 2.05) is 0 Å². The Morgan fingerprint density at radius 1 is 1.14 bits per heavy atom. The summed E-state index contributed by atoms with van der Waals surface area (Å²) in [4.78, 5) is 11.3. The number of halogens is 3. The molecule has 4 nitrogen and oxygen atoms in total. The lowest BCUT2D eigenvalue weighted by atomic mass is 10.1. The summed E-state index contributed by atoms with van der Waals surface area (Å²) in [7, 11) is 0. The van der Waals surface area contributed by atoms with Crippen LogP contribution in [0.1, 0.15) is 24.8 Å². The molecule has 0 radical (unpaired) electrons. The molecular formula is C15H16F3NO3. The van der Waals surface area contributed by atoms with E-state index in [1.165, 1.54) is 18.2 Å². The summed E-state index contributed by atoms with van der Waals surface area (Å²) in [5.74, 6) is 0.364. The van der Waals surface area contributed by atoms with Gasteiger partial charge in [-0.25, -0.2) is 4.79 Å². The van der Waals surface area contributed by atoms with E-state index in [0.717, 1.165) is 19.3 Å². The highest BCUT2D eigenvalue weighted by molar-refractivity contribution is 5.82. The summed E-state index contributed by atoms with van der Waals surface area (Å²) in [6.45, 7) is 1.04. The Hall–Kier alpha value is -2.02. The molecule has 2 aromatic rings. The zero-order valence-corrected chi connectivity index (χ0v) is 11.8. The smallest absolute Gasteiger partial charge is 0.417 e. The molecule has 0 aliphatic carbocycles. The Labute approximate surface area is 124 Å². The van der Waals surface area contributed by atoms with Gasteiger partial charge >= 0.3 is 11.8 Å². The maximum Gasteiger partial charge on any atom is 0.417 e. The van der Waals surface area contributed by atoms with Crippen molar-refractivity contribution in [2.75, 3.05) is 13.2 Å². The highest BCUT2D eigenvalue weighted by atomic mass is 19.4. The second-order valence-electron chi connectivity index (χ2n) is 4.83. The summed E-state index contributed by atoms with van der Waals surface area (Å²) in [6.07, 6.45) is -2.01. The Bertz CT molecular complexity index is 694. The second-order valence-corrected chi connectivity index (χ2v) is 4.83. The van der Waals surface area contributed by atoms with Gasteiger partial charge in [0, 0.05) is 17.5 Å². The van der Waals surface area contributed by atoms with Crippen molar-refractivity contribution in [3.8, 4) is 5.75 Å². The lowest BCUT2D eigenvalue weighted by molar-refractivity contribution is -0.136. The predicted molar refractivity (Wildman–Crippen MR) is 75.9 cm³/mol. The van der Waals surface area contributed by atoms with Gasteiger partial charge in [-0.15, -0.1) is 0 Å². The molecule has 0 bridgehead atoms. The number of unbranched alkanes of at least 4 members (excludes halogenated alkanes) is 2. The monoisotopic (exact) mass is 315 g/mol. The van der Waals surface area contributed by atoms with Crippen molar-refractivity contribution in [2.45, 2.75) is 25.4 Å². The largest absolute Gasteiger partial charge is 0.493 e. The summed E-state index contributed by atoms with van der Waals surface area (Å²) in [6, 6.07) is 4.43. The van der Waals surface area contributed by atoms with E-state index in [2.05, 4.69) is 0 Å². The fourth-order valence-electron chi connectivity index (χ4n) is 2.08. The number of hydrogen-bond donors (Lipinski definition) is 1. The first-order valence-corrected chi connectivity index (χ1v) is 6.90. The molecule has 0 atom stereocenters. The van der Waals surface area contributed by atoms with Crippen LogP contribution >= 0.6 is 0 Å². The van der Waals surface area contributed by atoms with Crippen LogP contribution in [-0.2, 0) is 6.18 Å². The molecular weight excluding hydrogens is 299 g/mol. The molecule has 1 heterocycles. The zero-order valence-electron chi connectivity index (χ0n) is 11.8. The third-order valence-electron chi connectivity index (χ3n) is 3.14. The molecule has 120 valence electrons. The standard InChI is InChI=1S/C15H16F3NO3/c16-15(17,18)12-9-14(20)22-13-8-10(4-5-11(12)13)21-7-3-1-2-6-19/h4-5,8-9H,1-3,6-7,19H2. The van der Waals surface area contributed by atoms with Gasteiger partial charge in [0.25, 0.3) is 0 Å². The van der Waals surface area contributed by atoms with Crippen LogP contribution in [0.15, 0.2) is 33.5 Å². The van der Waals surface area contributed by atoms with Gasteiger partial charge in [-0.3, -0.25) is 0 Å². The summed E-state index contributed by atoms with van der Waals surface area (Å²) in [5.41, 5.74) is 3.19. The molecule has 0 aliphatic heterocycles. The van der Waals surface area contributed by atoms with Gasteiger partial charge in [-0.05, 0) is 37.9 Å². The molecule has 0 aliphatic rings. The van der Waals surface area contributed by atoms with E-state index in [-0.39, 0.29) is 11.0 Å². The van der Waals surface area contributed by atoms with Crippen LogP contribution in [0.2, 0.25) is 0 Å². The number of fused-ring (bicyclic) bond motifs is 1. The van der Waals surface area contributed by atoms with Crippen molar-refractivity contribution in [2.24, 2.45) is 5.73 Å². The summed E-state index contributed by atoms with van der Waals surface area (Å²) in [5, 5.41) is -0.164. The van der Waals surface area contributed by atoms with Gasteiger partial charge in [-0.1, -0.05) is 0 Å². The first kappa shape index (κ1) is 16.4. The third kappa shape index (κ3) is 4.00. The average molecular weight is 315 g/mol. The summed E-state index contributed by atoms with van der Waals surface area (Å²) >= 11 is 0. The molecule has 0 fully saturated rings. The fraction of sp³-hybridized carbons (Fsp3) is 0.400. The van der Waals surface area contributed by atoms with E-state index in [1.54, 1.807) is 0 Å². The number of benzene rings is 1. The predicted octanol–water partition coefficient (Wildman–Crippen LogP) is 3.32. The topological polar surface area (TPSA) is 65.5 Å². The minimum Gasteiger partial charge on any atom is -0.493 e. The molecule has 2 rings (SSSR count). The highest BCUT2D eigenvalue weighted by Gasteiger charge is 2.33. The molecule has 0 unspecified atom stereocenters. The van der Waals surface area contributed by atoms with Crippen molar-refractivity contribution in [1.82, 2.24) is 0 Å². The molecule has 0 saturated heterocycles. The van der Waals surface area contributed by atoms with Crippen LogP contribution in [0.4, 0.5) is 13.2 Å². The van der Waals surface area contributed by atoms with Crippen LogP contribution in [0.5, 0.6) is 5.75 Å². The molecule has 0 saturated carbocycles.